The number of amides is 1. The summed E-state index contributed by atoms with van der Waals surface area (Å²) in [6.07, 6.45) is 2.49. The quantitative estimate of drug-likeness (QED) is 0.876. The zero-order valence-corrected chi connectivity index (χ0v) is 13.7. The highest BCUT2D eigenvalue weighted by molar-refractivity contribution is 5.84. The highest BCUT2D eigenvalue weighted by atomic mass is 19.1. The summed E-state index contributed by atoms with van der Waals surface area (Å²) in [4.78, 5) is 15.7. The van der Waals surface area contributed by atoms with E-state index in [4.69, 9.17) is 5.26 Å². The maximum atomic E-state index is 14.3. The Morgan fingerprint density at radius 1 is 1.48 bits per heavy atom. The number of rotatable bonds is 6. The minimum absolute atomic E-state index is 0.121. The van der Waals surface area contributed by atoms with Gasteiger partial charge in [-0.1, -0.05) is 0 Å². The lowest BCUT2D eigenvalue weighted by Crippen LogP contribution is -2.39. The Morgan fingerprint density at radius 2 is 2.17 bits per heavy atom. The van der Waals surface area contributed by atoms with Crippen LogP contribution in [-0.4, -0.2) is 43.5 Å². The Balaban J connectivity index is 1.98. The van der Waals surface area contributed by atoms with Gasteiger partial charge in [-0.3, -0.25) is 4.79 Å². The summed E-state index contributed by atoms with van der Waals surface area (Å²) in [5.74, 6) is -0.390. The van der Waals surface area contributed by atoms with Crippen molar-refractivity contribution >= 4 is 17.3 Å². The number of benzene rings is 1. The SMILES string of the molecule is C[C@H](Nc1ccc(N2CCCC2)c(F)c1)C(=O)N(C)CCC#N. The summed E-state index contributed by atoms with van der Waals surface area (Å²) >= 11 is 0. The molecule has 2 rings (SSSR count). The number of nitrogens with zero attached hydrogens (tertiary/aromatic N) is 3. The fourth-order valence-corrected chi connectivity index (χ4v) is 2.78. The van der Waals surface area contributed by atoms with Gasteiger partial charge in [0.15, 0.2) is 0 Å². The number of likely N-dealkylation sites (N-methyl/N-ethyl adjacent to an activating group) is 1. The minimum Gasteiger partial charge on any atom is -0.374 e. The molecule has 0 aromatic heterocycles. The first kappa shape index (κ1) is 17.1. The van der Waals surface area contributed by atoms with E-state index in [-0.39, 0.29) is 11.7 Å². The predicted octanol–water partition coefficient (Wildman–Crippen LogP) is 2.60. The van der Waals surface area contributed by atoms with E-state index in [2.05, 4.69) is 5.32 Å². The molecule has 6 heteroatoms. The Hall–Kier alpha value is -2.29. The molecule has 23 heavy (non-hydrogen) atoms. The molecule has 0 bridgehead atoms. The van der Waals surface area contributed by atoms with E-state index in [9.17, 15) is 9.18 Å². The maximum absolute atomic E-state index is 14.3. The molecule has 0 aliphatic carbocycles. The number of halogens is 1. The van der Waals surface area contributed by atoms with E-state index in [0.717, 1.165) is 25.9 Å². The van der Waals surface area contributed by atoms with Crippen LogP contribution >= 0.6 is 0 Å². The third kappa shape index (κ3) is 4.35. The topological polar surface area (TPSA) is 59.4 Å². The normalized spacial score (nSPS) is 15.1. The molecule has 0 saturated carbocycles. The molecule has 124 valence electrons. The van der Waals surface area contributed by atoms with Gasteiger partial charge >= 0.3 is 0 Å². The van der Waals surface area contributed by atoms with Crippen LogP contribution in [0.4, 0.5) is 15.8 Å². The fraction of sp³-hybridized carbons (Fsp3) is 0.529. The highest BCUT2D eigenvalue weighted by Crippen LogP contribution is 2.26. The van der Waals surface area contributed by atoms with Crippen molar-refractivity contribution in [3.05, 3.63) is 24.0 Å². The van der Waals surface area contributed by atoms with Crippen LogP contribution in [0.25, 0.3) is 0 Å². The second-order valence-electron chi connectivity index (χ2n) is 5.89. The number of hydrogen-bond acceptors (Lipinski definition) is 4. The summed E-state index contributed by atoms with van der Waals surface area (Å²) in [5.41, 5.74) is 1.21. The van der Waals surface area contributed by atoms with Crippen molar-refractivity contribution in [3.63, 3.8) is 0 Å². The van der Waals surface area contributed by atoms with Crippen LogP contribution in [0.3, 0.4) is 0 Å². The minimum atomic E-state index is -0.476. The molecular formula is C17H23FN4O. The van der Waals surface area contributed by atoms with Gasteiger partial charge in [-0.2, -0.15) is 5.26 Å². The van der Waals surface area contributed by atoms with Crippen molar-refractivity contribution in [2.75, 3.05) is 36.9 Å². The first-order valence-corrected chi connectivity index (χ1v) is 7.96. The molecular weight excluding hydrogens is 295 g/mol. The van der Waals surface area contributed by atoms with Gasteiger partial charge in [-0.05, 0) is 38.0 Å². The van der Waals surface area contributed by atoms with Crippen LogP contribution in [0.1, 0.15) is 26.2 Å². The Kier molecular flexibility index (Phi) is 5.80. The summed E-state index contributed by atoms with van der Waals surface area (Å²) in [6, 6.07) is 6.54. The Bertz CT molecular complexity index is 593. The van der Waals surface area contributed by atoms with Crippen molar-refractivity contribution < 1.29 is 9.18 Å². The number of anilines is 2. The molecule has 5 nitrogen and oxygen atoms in total. The zero-order valence-electron chi connectivity index (χ0n) is 13.7. The van der Waals surface area contributed by atoms with Crippen LogP contribution in [0.2, 0.25) is 0 Å². The number of hydrogen-bond donors (Lipinski definition) is 1. The molecule has 1 aliphatic rings. The van der Waals surface area contributed by atoms with Crippen LogP contribution < -0.4 is 10.2 Å². The van der Waals surface area contributed by atoms with Crippen molar-refractivity contribution in [3.8, 4) is 6.07 Å². The molecule has 1 N–H and O–H groups in total. The van der Waals surface area contributed by atoms with Gasteiger partial charge in [-0.25, -0.2) is 4.39 Å². The molecule has 1 aromatic carbocycles. The van der Waals surface area contributed by atoms with Crippen molar-refractivity contribution in [1.29, 1.82) is 5.26 Å². The van der Waals surface area contributed by atoms with Crippen LogP contribution in [0.5, 0.6) is 0 Å². The van der Waals surface area contributed by atoms with Crippen LogP contribution in [-0.2, 0) is 4.79 Å². The molecule has 1 heterocycles. The zero-order chi connectivity index (χ0) is 16.8. The van der Waals surface area contributed by atoms with Gasteiger partial charge in [0.25, 0.3) is 0 Å². The molecule has 1 aromatic rings. The summed E-state index contributed by atoms with van der Waals surface area (Å²) in [5, 5.41) is 11.6. The van der Waals surface area contributed by atoms with E-state index >= 15 is 0 Å². The highest BCUT2D eigenvalue weighted by Gasteiger charge is 2.19. The lowest BCUT2D eigenvalue weighted by molar-refractivity contribution is -0.130. The van der Waals surface area contributed by atoms with Gasteiger partial charge in [0.1, 0.15) is 11.9 Å². The van der Waals surface area contributed by atoms with Gasteiger partial charge in [0, 0.05) is 32.4 Å². The summed E-state index contributed by atoms with van der Waals surface area (Å²) < 4.78 is 14.3. The fourth-order valence-electron chi connectivity index (χ4n) is 2.78. The molecule has 1 fully saturated rings. The first-order chi connectivity index (χ1) is 11.0. The van der Waals surface area contributed by atoms with E-state index in [1.54, 1.807) is 26.1 Å². The summed E-state index contributed by atoms with van der Waals surface area (Å²) in [6.45, 7) is 3.91. The number of carbonyl (C=O) groups is 1. The van der Waals surface area contributed by atoms with E-state index < -0.39 is 6.04 Å². The van der Waals surface area contributed by atoms with Crippen molar-refractivity contribution in [2.45, 2.75) is 32.2 Å². The van der Waals surface area contributed by atoms with Gasteiger partial charge in [0.2, 0.25) is 5.91 Å². The maximum Gasteiger partial charge on any atom is 0.244 e. The molecule has 1 saturated heterocycles. The first-order valence-electron chi connectivity index (χ1n) is 7.96. The monoisotopic (exact) mass is 318 g/mol. The van der Waals surface area contributed by atoms with Gasteiger partial charge < -0.3 is 15.1 Å². The molecule has 0 unspecified atom stereocenters. The smallest absolute Gasteiger partial charge is 0.244 e. The van der Waals surface area contributed by atoms with Gasteiger partial charge in [-0.15, -0.1) is 0 Å². The molecule has 1 aliphatic heterocycles. The third-order valence-corrected chi connectivity index (χ3v) is 4.08. The van der Waals surface area contributed by atoms with Gasteiger partial charge in [0.05, 0.1) is 18.2 Å². The number of nitrogens with one attached hydrogen (secondary N) is 1. The lowest BCUT2D eigenvalue weighted by Gasteiger charge is -2.23. The standard InChI is InChI=1S/C17H23FN4O/c1-13(17(23)21(2)9-5-8-19)20-14-6-7-16(15(18)12-14)22-10-3-4-11-22/h6-7,12-13,20H,3-5,9-11H2,1-2H3/t13-/m0/s1. The molecule has 0 radical (unpaired) electrons. The molecule has 1 amide bonds. The lowest BCUT2D eigenvalue weighted by atomic mass is 10.2. The number of carbonyl (C=O) groups excluding carboxylic acids is 1. The predicted molar refractivity (Wildman–Crippen MR) is 88.8 cm³/mol. The second kappa shape index (κ2) is 7.82. The Labute approximate surface area is 136 Å². The Morgan fingerprint density at radius 3 is 2.78 bits per heavy atom. The third-order valence-electron chi connectivity index (χ3n) is 4.08. The van der Waals surface area contributed by atoms with Crippen molar-refractivity contribution in [2.24, 2.45) is 0 Å². The summed E-state index contributed by atoms with van der Waals surface area (Å²) in [7, 11) is 1.66. The largest absolute Gasteiger partial charge is 0.374 e. The van der Waals surface area contributed by atoms with Crippen LogP contribution in [0.15, 0.2) is 18.2 Å². The van der Waals surface area contributed by atoms with E-state index in [1.165, 1.54) is 11.0 Å². The average Bonchev–Trinajstić information content (AvgIpc) is 3.06. The van der Waals surface area contributed by atoms with Crippen LogP contribution in [0, 0.1) is 17.1 Å². The van der Waals surface area contributed by atoms with E-state index in [1.807, 2.05) is 11.0 Å². The molecule has 0 spiro atoms. The van der Waals surface area contributed by atoms with E-state index in [0.29, 0.717) is 24.3 Å². The number of nitriles is 1. The van der Waals surface area contributed by atoms with Crippen molar-refractivity contribution in [1.82, 2.24) is 4.90 Å². The average molecular weight is 318 g/mol. The molecule has 1 atom stereocenters. The second-order valence-corrected chi connectivity index (χ2v) is 5.89.